The Morgan fingerprint density at radius 1 is 1.28 bits per heavy atom. The lowest BCUT2D eigenvalue weighted by molar-refractivity contribution is -0.115. The molecule has 0 aliphatic carbocycles. The quantitative estimate of drug-likeness (QED) is 0.648. The molecule has 2 rings (SSSR count). The maximum atomic E-state index is 13.9. The van der Waals surface area contributed by atoms with Gasteiger partial charge in [-0.05, 0) is 36.8 Å². The summed E-state index contributed by atoms with van der Waals surface area (Å²) in [6.07, 6.45) is 0.109. The Hall–Kier alpha value is -2.12. The molecule has 132 valence electrons. The first-order valence-electron chi connectivity index (χ1n) is 7.37. The zero-order valence-electron chi connectivity index (χ0n) is 13.3. The fourth-order valence-electron chi connectivity index (χ4n) is 2.23. The normalized spacial score (nSPS) is 10.4. The summed E-state index contributed by atoms with van der Waals surface area (Å²) in [5.74, 6) is -1.86. The van der Waals surface area contributed by atoms with E-state index in [0.717, 1.165) is 11.6 Å². The van der Waals surface area contributed by atoms with Crippen molar-refractivity contribution in [3.63, 3.8) is 0 Å². The Bertz CT molecular complexity index is 830. The van der Waals surface area contributed by atoms with Crippen molar-refractivity contribution in [3.05, 3.63) is 56.8 Å². The average molecular weight is 429 g/mol. The summed E-state index contributed by atoms with van der Waals surface area (Å²) in [5, 5.41) is 6.18. The fraction of sp³-hybridized carbons (Fsp3) is 0.176. The summed E-state index contributed by atoms with van der Waals surface area (Å²) in [6.45, 7) is 2.00. The molecule has 2 aromatic carbocycles. The van der Waals surface area contributed by atoms with Gasteiger partial charge in [-0.3, -0.25) is 9.59 Å². The molecule has 2 amide bonds. The third-order valence-electron chi connectivity index (χ3n) is 3.51. The lowest BCUT2D eigenvalue weighted by Gasteiger charge is -2.12. The molecule has 0 spiro atoms. The van der Waals surface area contributed by atoms with E-state index >= 15 is 0 Å². The van der Waals surface area contributed by atoms with Crippen molar-refractivity contribution >= 4 is 50.7 Å². The summed E-state index contributed by atoms with van der Waals surface area (Å²) in [6, 6.07) is 7.91. The average Bonchev–Trinajstić information content (AvgIpc) is 2.50. The van der Waals surface area contributed by atoms with E-state index in [4.69, 9.17) is 17.3 Å². The second-order valence-corrected chi connectivity index (χ2v) is 6.63. The second-order valence-electron chi connectivity index (χ2n) is 5.31. The largest absolute Gasteiger partial charge is 0.384 e. The molecule has 0 heterocycles. The Balaban J connectivity index is 2.00. The summed E-state index contributed by atoms with van der Waals surface area (Å²) >= 11 is 9.16. The van der Waals surface area contributed by atoms with Gasteiger partial charge in [-0.15, -0.1) is 0 Å². The van der Waals surface area contributed by atoms with Crippen LogP contribution in [0.15, 0.2) is 34.8 Å². The van der Waals surface area contributed by atoms with E-state index in [2.05, 4.69) is 26.6 Å². The van der Waals surface area contributed by atoms with Crippen LogP contribution in [0.3, 0.4) is 0 Å². The predicted molar refractivity (Wildman–Crippen MR) is 101 cm³/mol. The Morgan fingerprint density at radius 3 is 2.68 bits per heavy atom. The van der Waals surface area contributed by atoms with Gasteiger partial charge < -0.3 is 16.4 Å². The van der Waals surface area contributed by atoms with Crippen LogP contribution in [-0.4, -0.2) is 18.4 Å². The molecule has 0 aliphatic rings. The van der Waals surface area contributed by atoms with Gasteiger partial charge in [-0.1, -0.05) is 33.6 Å². The number of rotatable bonds is 6. The molecule has 0 unspecified atom stereocenters. The molecular formula is C17H16BrClFN3O2. The lowest BCUT2D eigenvalue weighted by atomic mass is 10.1. The zero-order valence-corrected chi connectivity index (χ0v) is 15.7. The molecule has 0 aromatic heterocycles. The van der Waals surface area contributed by atoms with Crippen LogP contribution in [-0.2, 0) is 4.79 Å². The highest BCUT2D eigenvalue weighted by Crippen LogP contribution is 2.25. The minimum Gasteiger partial charge on any atom is -0.384 e. The topological polar surface area (TPSA) is 84.2 Å². The smallest absolute Gasteiger partial charge is 0.253 e. The Labute approximate surface area is 157 Å². The van der Waals surface area contributed by atoms with Crippen LogP contribution >= 0.6 is 27.5 Å². The molecule has 0 atom stereocenters. The highest BCUT2D eigenvalue weighted by molar-refractivity contribution is 9.10. The van der Waals surface area contributed by atoms with Crippen molar-refractivity contribution in [2.45, 2.75) is 13.3 Å². The van der Waals surface area contributed by atoms with Gasteiger partial charge in [-0.2, -0.15) is 0 Å². The highest BCUT2D eigenvalue weighted by atomic mass is 79.9. The highest BCUT2D eigenvalue weighted by Gasteiger charge is 2.15. The number of anilines is 2. The zero-order chi connectivity index (χ0) is 18.6. The van der Waals surface area contributed by atoms with Gasteiger partial charge in [0.2, 0.25) is 5.91 Å². The number of primary amides is 1. The number of carbonyl (C=O) groups is 2. The third kappa shape index (κ3) is 4.93. The number of carbonyl (C=O) groups excluding carboxylic acids is 2. The van der Waals surface area contributed by atoms with Crippen molar-refractivity contribution in [3.8, 4) is 0 Å². The summed E-state index contributed by atoms with van der Waals surface area (Å²) in [5.41, 5.74) is 6.59. The SMILES string of the molecule is Cc1c(Cl)cccc1NC(=O)CCNc1cc(Br)cc(F)c1C(N)=O. The monoisotopic (exact) mass is 427 g/mol. The van der Waals surface area contributed by atoms with Crippen molar-refractivity contribution < 1.29 is 14.0 Å². The van der Waals surface area contributed by atoms with Gasteiger partial charge in [0, 0.05) is 28.1 Å². The number of hydrogen-bond donors (Lipinski definition) is 3. The summed E-state index contributed by atoms with van der Waals surface area (Å²) < 4.78 is 14.3. The van der Waals surface area contributed by atoms with Gasteiger partial charge in [-0.25, -0.2) is 4.39 Å². The molecule has 0 fully saturated rings. The Morgan fingerprint density at radius 2 is 2.00 bits per heavy atom. The lowest BCUT2D eigenvalue weighted by Crippen LogP contribution is -2.20. The van der Waals surface area contributed by atoms with E-state index < -0.39 is 11.7 Å². The van der Waals surface area contributed by atoms with Crippen LogP contribution in [0.5, 0.6) is 0 Å². The van der Waals surface area contributed by atoms with E-state index in [9.17, 15) is 14.0 Å². The maximum absolute atomic E-state index is 13.9. The first-order valence-corrected chi connectivity index (χ1v) is 8.54. The minimum atomic E-state index is -0.883. The molecule has 25 heavy (non-hydrogen) atoms. The molecular weight excluding hydrogens is 413 g/mol. The van der Waals surface area contributed by atoms with E-state index in [1.807, 2.05) is 0 Å². The van der Waals surface area contributed by atoms with Gasteiger partial charge in [0.05, 0.1) is 11.3 Å². The predicted octanol–water partition coefficient (Wildman–Crippen LogP) is 4.09. The molecule has 0 saturated heterocycles. The Kier molecular flexibility index (Phi) is 6.39. The number of hydrogen-bond acceptors (Lipinski definition) is 3. The van der Waals surface area contributed by atoms with E-state index in [1.54, 1.807) is 25.1 Å². The number of amides is 2. The van der Waals surface area contributed by atoms with Crippen LogP contribution in [0.25, 0.3) is 0 Å². The van der Waals surface area contributed by atoms with Crippen molar-refractivity contribution in [2.24, 2.45) is 5.73 Å². The van der Waals surface area contributed by atoms with Gasteiger partial charge in [0.1, 0.15) is 5.82 Å². The van der Waals surface area contributed by atoms with Crippen LogP contribution in [0.4, 0.5) is 15.8 Å². The number of nitrogens with two attached hydrogens (primary N) is 1. The molecule has 0 radical (unpaired) electrons. The van der Waals surface area contributed by atoms with Crippen LogP contribution in [0.1, 0.15) is 22.3 Å². The summed E-state index contributed by atoms with van der Waals surface area (Å²) in [4.78, 5) is 23.4. The maximum Gasteiger partial charge on any atom is 0.253 e. The third-order valence-corrected chi connectivity index (χ3v) is 4.38. The van der Waals surface area contributed by atoms with Gasteiger partial charge in [0.25, 0.3) is 5.91 Å². The molecule has 0 bridgehead atoms. The fourth-order valence-corrected chi connectivity index (χ4v) is 2.83. The number of nitrogens with one attached hydrogen (secondary N) is 2. The molecule has 0 saturated carbocycles. The van der Waals surface area contributed by atoms with E-state index in [-0.39, 0.29) is 30.1 Å². The second kappa shape index (κ2) is 8.31. The molecule has 5 nitrogen and oxygen atoms in total. The molecule has 0 aliphatic heterocycles. The van der Waals surface area contributed by atoms with E-state index in [1.165, 1.54) is 6.07 Å². The minimum absolute atomic E-state index is 0.109. The van der Waals surface area contributed by atoms with Crippen molar-refractivity contribution in [1.82, 2.24) is 0 Å². The van der Waals surface area contributed by atoms with Gasteiger partial charge >= 0.3 is 0 Å². The molecule has 8 heteroatoms. The van der Waals surface area contributed by atoms with E-state index in [0.29, 0.717) is 15.2 Å². The number of benzene rings is 2. The van der Waals surface area contributed by atoms with Crippen LogP contribution < -0.4 is 16.4 Å². The molecule has 2 aromatic rings. The summed E-state index contributed by atoms with van der Waals surface area (Å²) in [7, 11) is 0. The van der Waals surface area contributed by atoms with Crippen LogP contribution in [0, 0.1) is 12.7 Å². The van der Waals surface area contributed by atoms with Crippen molar-refractivity contribution in [2.75, 3.05) is 17.2 Å². The first-order chi connectivity index (χ1) is 11.8. The molecule has 4 N–H and O–H groups in total. The van der Waals surface area contributed by atoms with Crippen molar-refractivity contribution in [1.29, 1.82) is 0 Å². The number of halogens is 3. The first kappa shape index (κ1) is 19.2. The standard InChI is InChI=1S/C17H16BrClFN3O2/c1-9-11(19)3-2-4-13(9)23-15(24)5-6-22-14-8-10(18)7-12(20)16(14)17(21)25/h2-4,7-8,22H,5-6H2,1H3,(H2,21,25)(H,23,24). The van der Waals surface area contributed by atoms with Gasteiger partial charge in [0.15, 0.2) is 0 Å². The van der Waals surface area contributed by atoms with Crippen LogP contribution in [0.2, 0.25) is 5.02 Å².